The van der Waals surface area contributed by atoms with Crippen LogP contribution in [0.15, 0.2) is 15.3 Å². The molecule has 0 radical (unpaired) electrons. The van der Waals surface area contributed by atoms with Gasteiger partial charge in [0.25, 0.3) is 0 Å². The Balaban J connectivity index is 3.38. The van der Waals surface area contributed by atoms with Crippen LogP contribution in [-0.2, 0) is 22.5 Å². The first-order valence-electron chi connectivity index (χ1n) is 4.87. The molecule has 1 heterocycles. The summed E-state index contributed by atoms with van der Waals surface area (Å²) < 4.78 is 14.5. The lowest BCUT2D eigenvalue weighted by Crippen LogP contribution is -2.15. The van der Waals surface area contributed by atoms with Crippen LogP contribution in [0.1, 0.15) is 28.6 Å². The molecule has 5 heteroatoms. The number of methoxy groups -OCH3 is 2. The summed E-state index contributed by atoms with van der Waals surface area (Å²) in [4.78, 5) is 22.8. The number of ether oxygens (including phenoxy) is 2. The number of hydrogen-bond acceptors (Lipinski definition) is 5. The second kappa shape index (κ2) is 5.46. The second-order valence-corrected chi connectivity index (χ2v) is 3.17. The van der Waals surface area contributed by atoms with Crippen molar-refractivity contribution in [3.63, 3.8) is 0 Å². The fraction of sp³-hybridized carbons (Fsp3) is 0.455. The van der Waals surface area contributed by atoms with E-state index in [0.717, 1.165) is 0 Å². The molecule has 1 rings (SSSR count). The molecule has 1 aromatic rings. The van der Waals surface area contributed by atoms with E-state index in [-0.39, 0.29) is 12.2 Å². The summed E-state index contributed by atoms with van der Waals surface area (Å²) in [6.45, 7) is 1.96. The van der Waals surface area contributed by atoms with E-state index in [1.807, 2.05) is 0 Å². The first-order chi connectivity index (χ1) is 7.63. The van der Waals surface area contributed by atoms with Crippen LogP contribution < -0.4 is 5.63 Å². The van der Waals surface area contributed by atoms with Gasteiger partial charge in [0.2, 0.25) is 0 Å². The van der Waals surface area contributed by atoms with Crippen molar-refractivity contribution in [2.75, 3.05) is 14.2 Å². The molecule has 0 saturated carbocycles. The molecule has 0 atom stereocenters. The van der Waals surface area contributed by atoms with Crippen molar-refractivity contribution in [1.29, 1.82) is 0 Å². The number of aryl methyl sites for hydroxylation is 1. The van der Waals surface area contributed by atoms with E-state index < -0.39 is 11.6 Å². The maximum Gasteiger partial charge on any atom is 0.341 e. The number of carbonyl (C=O) groups is 1. The van der Waals surface area contributed by atoms with Crippen molar-refractivity contribution >= 4 is 5.97 Å². The van der Waals surface area contributed by atoms with Gasteiger partial charge in [-0.05, 0) is 0 Å². The lowest BCUT2D eigenvalue weighted by Gasteiger charge is -2.09. The third kappa shape index (κ3) is 2.49. The standard InChI is InChI=1S/C11H14O5/c1-4-8-10(11(13)15-3)7(6-14-2)5-9(12)16-8/h5H,4,6H2,1-3H3. The fourth-order valence-electron chi connectivity index (χ4n) is 1.46. The molecular weight excluding hydrogens is 212 g/mol. The molecule has 0 spiro atoms. The summed E-state index contributed by atoms with van der Waals surface area (Å²) in [7, 11) is 2.77. The average Bonchev–Trinajstić information content (AvgIpc) is 2.27. The van der Waals surface area contributed by atoms with Crippen molar-refractivity contribution in [3.8, 4) is 0 Å². The van der Waals surface area contributed by atoms with Gasteiger partial charge in [-0.15, -0.1) is 0 Å². The normalized spacial score (nSPS) is 10.2. The third-order valence-corrected chi connectivity index (χ3v) is 2.13. The quantitative estimate of drug-likeness (QED) is 0.720. The topological polar surface area (TPSA) is 65.7 Å². The molecule has 88 valence electrons. The molecule has 0 unspecified atom stereocenters. The van der Waals surface area contributed by atoms with E-state index in [9.17, 15) is 9.59 Å². The molecule has 0 amide bonds. The van der Waals surface area contributed by atoms with Gasteiger partial charge >= 0.3 is 11.6 Å². The minimum Gasteiger partial charge on any atom is -0.465 e. The lowest BCUT2D eigenvalue weighted by atomic mass is 10.1. The van der Waals surface area contributed by atoms with E-state index in [1.165, 1.54) is 20.3 Å². The van der Waals surface area contributed by atoms with E-state index >= 15 is 0 Å². The molecule has 16 heavy (non-hydrogen) atoms. The number of esters is 1. The number of rotatable bonds is 4. The molecule has 0 aliphatic rings. The minimum absolute atomic E-state index is 0.170. The Kier molecular flexibility index (Phi) is 4.25. The zero-order valence-electron chi connectivity index (χ0n) is 9.53. The Morgan fingerprint density at radius 2 is 2.12 bits per heavy atom. The van der Waals surface area contributed by atoms with Crippen molar-refractivity contribution < 1.29 is 18.7 Å². The van der Waals surface area contributed by atoms with E-state index in [0.29, 0.717) is 17.7 Å². The Morgan fingerprint density at radius 1 is 1.44 bits per heavy atom. The monoisotopic (exact) mass is 226 g/mol. The number of hydrogen-bond donors (Lipinski definition) is 0. The number of carbonyl (C=O) groups excluding carboxylic acids is 1. The Hall–Kier alpha value is -1.62. The summed E-state index contributed by atoms with van der Waals surface area (Å²) >= 11 is 0. The third-order valence-electron chi connectivity index (χ3n) is 2.13. The Labute approximate surface area is 93.0 Å². The fourth-order valence-corrected chi connectivity index (χ4v) is 1.46. The van der Waals surface area contributed by atoms with Gasteiger partial charge < -0.3 is 13.9 Å². The molecule has 0 N–H and O–H groups in total. The van der Waals surface area contributed by atoms with Gasteiger partial charge in [-0.25, -0.2) is 9.59 Å². The Bertz CT molecular complexity index is 432. The highest BCUT2D eigenvalue weighted by Crippen LogP contribution is 2.15. The first kappa shape index (κ1) is 12.4. The molecule has 1 aromatic heterocycles. The van der Waals surface area contributed by atoms with Crippen molar-refractivity contribution in [1.82, 2.24) is 0 Å². The van der Waals surface area contributed by atoms with Crippen LogP contribution in [0.5, 0.6) is 0 Å². The van der Waals surface area contributed by atoms with Crippen LogP contribution in [0.4, 0.5) is 0 Å². The summed E-state index contributed by atoms with van der Waals surface area (Å²) in [5.41, 5.74) is 0.283. The summed E-state index contributed by atoms with van der Waals surface area (Å²) in [6, 6.07) is 1.24. The maximum atomic E-state index is 11.6. The largest absolute Gasteiger partial charge is 0.465 e. The van der Waals surface area contributed by atoms with E-state index in [4.69, 9.17) is 9.15 Å². The van der Waals surface area contributed by atoms with E-state index in [1.54, 1.807) is 6.92 Å². The first-order valence-corrected chi connectivity index (χ1v) is 4.87. The van der Waals surface area contributed by atoms with Gasteiger partial charge in [0.15, 0.2) is 0 Å². The van der Waals surface area contributed by atoms with Crippen molar-refractivity contribution in [2.45, 2.75) is 20.0 Å². The van der Waals surface area contributed by atoms with Crippen LogP contribution >= 0.6 is 0 Å². The summed E-state index contributed by atoms with van der Waals surface area (Å²) in [5.74, 6) is -0.195. The van der Waals surface area contributed by atoms with E-state index in [2.05, 4.69) is 4.74 Å². The van der Waals surface area contributed by atoms with Crippen LogP contribution in [0.3, 0.4) is 0 Å². The Morgan fingerprint density at radius 3 is 2.62 bits per heavy atom. The van der Waals surface area contributed by atoms with Gasteiger partial charge in [-0.2, -0.15) is 0 Å². The highest BCUT2D eigenvalue weighted by molar-refractivity contribution is 5.91. The summed E-state index contributed by atoms with van der Waals surface area (Å²) in [5, 5.41) is 0. The summed E-state index contributed by atoms with van der Waals surface area (Å²) in [6.07, 6.45) is 0.442. The van der Waals surface area contributed by atoms with Crippen LogP contribution in [0.25, 0.3) is 0 Å². The highest BCUT2D eigenvalue weighted by atomic mass is 16.5. The van der Waals surface area contributed by atoms with Crippen molar-refractivity contribution in [3.05, 3.63) is 33.4 Å². The van der Waals surface area contributed by atoms with Crippen molar-refractivity contribution in [2.24, 2.45) is 0 Å². The SMILES string of the molecule is CCc1oc(=O)cc(COC)c1C(=O)OC. The smallest absolute Gasteiger partial charge is 0.341 e. The highest BCUT2D eigenvalue weighted by Gasteiger charge is 2.19. The van der Waals surface area contributed by atoms with Gasteiger partial charge in [0.05, 0.1) is 13.7 Å². The average molecular weight is 226 g/mol. The zero-order valence-corrected chi connectivity index (χ0v) is 9.53. The van der Waals surface area contributed by atoms with Gasteiger partial charge in [0.1, 0.15) is 11.3 Å². The van der Waals surface area contributed by atoms with Crippen LogP contribution in [0.2, 0.25) is 0 Å². The lowest BCUT2D eigenvalue weighted by molar-refractivity contribution is 0.0590. The molecule has 0 aliphatic carbocycles. The predicted octanol–water partition coefficient (Wildman–Crippen LogP) is 1.14. The molecule has 5 nitrogen and oxygen atoms in total. The van der Waals surface area contributed by atoms with Crippen LogP contribution in [-0.4, -0.2) is 20.2 Å². The molecule has 0 saturated heterocycles. The molecule has 0 aromatic carbocycles. The van der Waals surface area contributed by atoms with Gasteiger partial charge in [-0.1, -0.05) is 6.92 Å². The second-order valence-electron chi connectivity index (χ2n) is 3.17. The molecule has 0 fully saturated rings. The minimum atomic E-state index is -0.521. The van der Waals surface area contributed by atoms with Gasteiger partial charge in [-0.3, -0.25) is 0 Å². The van der Waals surface area contributed by atoms with Gasteiger partial charge in [0, 0.05) is 25.2 Å². The molecular formula is C11H14O5. The predicted molar refractivity (Wildman–Crippen MR) is 56.4 cm³/mol. The van der Waals surface area contributed by atoms with Crippen LogP contribution in [0, 0.1) is 0 Å². The molecule has 0 bridgehead atoms. The zero-order chi connectivity index (χ0) is 12.1. The maximum absolute atomic E-state index is 11.6. The molecule has 0 aliphatic heterocycles.